The van der Waals surface area contributed by atoms with Gasteiger partial charge in [0.15, 0.2) is 0 Å². The Hall–Kier alpha value is -3.25. The van der Waals surface area contributed by atoms with Gasteiger partial charge in [-0.2, -0.15) is 4.98 Å². The van der Waals surface area contributed by atoms with Crippen molar-refractivity contribution in [1.82, 2.24) is 24.8 Å². The summed E-state index contributed by atoms with van der Waals surface area (Å²) in [6, 6.07) is 9.30. The van der Waals surface area contributed by atoms with E-state index < -0.39 is 6.09 Å². The Labute approximate surface area is 232 Å². The van der Waals surface area contributed by atoms with E-state index >= 15 is 0 Å². The van der Waals surface area contributed by atoms with Crippen molar-refractivity contribution in [3.63, 3.8) is 0 Å². The summed E-state index contributed by atoms with van der Waals surface area (Å²) in [6.45, 7) is 7.19. The van der Waals surface area contributed by atoms with E-state index in [-0.39, 0.29) is 24.5 Å². The van der Waals surface area contributed by atoms with E-state index in [9.17, 15) is 9.59 Å². The van der Waals surface area contributed by atoms with Crippen LogP contribution in [0.3, 0.4) is 0 Å². The van der Waals surface area contributed by atoms with Gasteiger partial charge in [-0.3, -0.25) is 9.36 Å². The molecule has 1 saturated heterocycles. The normalized spacial score (nSPS) is 14.6. The largest absolute Gasteiger partial charge is 0.415 e. The van der Waals surface area contributed by atoms with Gasteiger partial charge in [0.25, 0.3) is 0 Å². The molecule has 3 heterocycles. The van der Waals surface area contributed by atoms with Crippen molar-refractivity contribution in [2.24, 2.45) is 0 Å². The van der Waals surface area contributed by atoms with Crippen LogP contribution in [0.15, 0.2) is 36.5 Å². The number of fused-ring (bicyclic) bond motifs is 1. The van der Waals surface area contributed by atoms with Crippen LogP contribution in [0.4, 0.5) is 10.6 Å². The number of pyridine rings is 1. The van der Waals surface area contributed by atoms with Crippen molar-refractivity contribution in [2.75, 3.05) is 38.7 Å². The lowest BCUT2D eigenvalue weighted by Crippen LogP contribution is -2.47. The molecule has 1 aliphatic heterocycles. The molecule has 1 fully saturated rings. The summed E-state index contributed by atoms with van der Waals surface area (Å²) in [5, 5.41) is 6.16. The minimum absolute atomic E-state index is 0.00866. The molecule has 0 aliphatic carbocycles. The molecule has 0 atom stereocenters. The number of imidazole rings is 1. The quantitative estimate of drug-likeness (QED) is 0.341. The van der Waals surface area contributed by atoms with Gasteiger partial charge in [0.05, 0.1) is 35.9 Å². The van der Waals surface area contributed by atoms with Crippen LogP contribution >= 0.6 is 11.6 Å². The minimum Gasteiger partial charge on any atom is -0.382 e. The average Bonchev–Trinajstić information content (AvgIpc) is 3.25. The number of nitrogens with zero attached hydrogens (tertiary/aromatic N) is 4. The summed E-state index contributed by atoms with van der Waals surface area (Å²) >= 11 is 5.90. The average molecular weight is 559 g/mol. The number of anilines is 1. The van der Waals surface area contributed by atoms with Gasteiger partial charge >= 0.3 is 12.1 Å². The van der Waals surface area contributed by atoms with Crippen molar-refractivity contribution in [3.8, 4) is 6.01 Å². The Morgan fingerprint density at radius 3 is 2.64 bits per heavy atom. The number of hydrogen-bond donors (Lipinski definition) is 2. The van der Waals surface area contributed by atoms with Crippen LogP contribution in [0.1, 0.15) is 32.3 Å². The molecule has 210 valence electrons. The molecule has 11 nitrogen and oxygen atoms in total. The van der Waals surface area contributed by atoms with Crippen LogP contribution in [0.25, 0.3) is 11.0 Å². The molecule has 12 heteroatoms. The zero-order valence-electron chi connectivity index (χ0n) is 22.5. The number of likely N-dealkylation sites (tertiary alicyclic amines) is 1. The first-order chi connectivity index (χ1) is 18.8. The number of piperidine rings is 1. The molecule has 0 spiro atoms. The number of benzene rings is 1. The molecule has 1 aliphatic rings. The minimum atomic E-state index is -0.604. The van der Waals surface area contributed by atoms with E-state index in [4.69, 9.17) is 25.8 Å². The standard InChI is InChI=1S/C27H35ClN6O5/c1-18(2)33-11-9-21(10-12-33)30-27(36)39-26-32-25-19(17-38-14-13-37-3)5-4-6-22(25)34(26)16-24(35)31-23-8-7-20(28)15-29-23/h4-8,15,18,21H,9-14,16-17H2,1-3H3,(H,30,36)(H,29,31,35). The molecule has 39 heavy (non-hydrogen) atoms. The predicted molar refractivity (Wildman–Crippen MR) is 148 cm³/mol. The van der Waals surface area contributed by atoms with E-state index in [0.29, 0.717) is 47.7 Å². The number of nitrogens with one attached hydrogen (secondary N) is 2. The van der Waals surface area contributed by atoms with Crippen molar-refractivity contribution in [3.05, 3.63) is 47.1 Å². The summed E-state index contributed by atoms with van der Waals surface area (Å²) in [5.41, 5.74) is 2.02. The van der Waals surface area contributed by atoms with Gasteiger partial charge in [-0.25, -0.2) is 9.78 Å². The van der Waals surface area contributed by atoms with E-state index in [2.05, 4.69) is 39.3 Å². The lowest BCUT2D eigenvalue weighted by Gasteiger charge is -2.34. The molecule has 2 N–H and O–H groups in total. The Balaban J connectivity index is 1.52. The monoisotopic (exact) mass is 558 g/mol. The van der Waals surface area contributed by atoms with Crippen molar-refractivity contribution < 1.29 is 23.8 Å². The molecular formula is C27H35ClN6O5. The Morgan fingerprint density at radius 1 is 1.15 bits per heavy atom. The fourth-order valence-electron chi connectivity index (χ4n) is 4.47. The van der Waals surface area contributed by atoms with Gasteiger partial charge in [0, 0.05) is 44.0 Å². The third-order valence-corrected chi connectivity index (χ3v) is 6.80. The zero-order valence-corrected chi connectivity index (χ0v) is 23.2. The molecule has 2 amide bonds. The third kappa shape index (κ3) is 7.89. The number of carbonyl (C=O) groups excluding carboxylic acids is 2. The van der Waals surface area contributed by atoms with Crippen LogP contribution < -0.4 is 15.4 Å². The Kier molecular flexibility index (Phi) is 10.1. The molecular weight excluding hydrogens is 524 g/mol. The number of para-hydroxylation sites is 1. The topological polar surface area (TPSA) is 120 Å². The molecule has 2 aromatic heterocycles. The van der Waals surface area contributed by atoms with Gasteiger partial charge in [-0.1, -0.05) is 23.7 Å². The van der Waals surface area contributed by atoms with Crippen LogP contribution in [-0.2, 0) is 27.4 Å². The lowest BCUT2D eigenvalue weighted by molar-refractivity contribution is -0.116. The van der Waals surface area contributed by atoms with E-state index in [1.807, 2.05) is 18.2 Å². The highest BCUT2D eigenvalue weighted by Crippen LogP contribution is 2.26. The maximum absolute atomic E-state index is 12.9. The SMILES string of the molecule is COCCOCc1cccc2c1nc(OC(=O)NC1CCN(C(C)C)CC1)n2CC(=O)Nc1ccc(Cl)cn1. The van der Waals surface area contributed by atoms with Gasteiger partial charge in [-0.15, -0.1) is 0 Å². The Bertz CT molecular complexity index is 1260. The maximum atomic E-state index is 12.9. The fourth-order valence-corrected chi connectivity index (χ4v) is 4.58. The molecule has 0 bridgehead atoms. The van der Waals surface area contributed by atoms with E-state index in [1.165, 1.54) is 6.20 Å². The number of aromatic nitrogens is 3. The first kappa shape index (κ1) is 28.8. The number of halogens is 1. The highest BCUT2D eigenvalue weighted by molar-refractivity contribution is 6.30. The zero-order chi connectivity index (χ0) is 27.8. The summed E-state index contributed by atoms with van der Waals surface area (Å²) < 4.78 is 18.0. The first-order valence-electron chi connectivity index (χ1n) is 13.0. The van der Waals surface area contributed by atoms with Crippen molar-refractivity contribution in [2.45, 2.75) is 51.9 Å². The van der Waals surface area contributed by atoms with Gasteiger partial charge in [0.2, 0.25) is 5.91 Å². The summed E-state index contributed by atoms with van der Waals surface area (Å²) in [5.74, 6) is -0.00816. The summed E-state index contributed by atoms with van der Waals surface area (Å²) in [4.78, 5) is 36.9. The van der Waals surface area contributed by atoms with E-state index in [1.54, 1.807) is 23.8 Å². The second-order valence-corrected chi connectivity index (χ2v) is 10.1. The molecule has 0 radical (unpaired) electrons. The molecule has 1 aromatic carbocycles. The second-order valence-electron chi connectivity index (χ2n) is 9.66. The number of ether oxygens (including phenoxy) is 3. The predicted octanol–water partition coefficient (Wildman–Crippen LogP) is 3.85. The molecule has 4 rings (SSSR count). The van der Waals surface area contributed by atoms with Crippen LogP contribution in [-0.4, -0.2) is 76.9 Å². The van der Waals surface area contributed by atoms with Gasteiger partial charge in [-0.05, 0) is 44.9 Å². The van der Waals surface area contributed by atoms with Crippen LogP contribution in [0.5, 0.6) is 6.01 Å². The number of carbonyl (C=O) groups is 2. The number of amides is 2. The number of hydrogen-bond acceptors (Lipinski definition) is 8. The maximum Gasteiger partial charge on any atom is 0.415 e. The first-order valence-corrected chi connectivity index (χ1v) is 13.4. The number of rotatable bonds is 11. The molecule has 0 unspecified atom stereocenters. The van der Waals surface area contributed by atoms with Gasteiger partial charge in [0.1, 0.15) is 12.4 Å². The highest BCUT2D eigenvalue weighted by Gasteiger charge is 2.25. The smallest absolute Gasteiger partial charge is 0.382 e. The third-order valence-electron chi connectivity index (χ3n) is 6.58. The lowest BCUT2D eigenvalue weighted by atomic mass is 10.0. The second kappa shape index (κ2) is 13.7. The van der Waals surface area contributed by atoms with Gasteiger partial charge < -0.3 is 29.7 Å². The van der Waals surface area contributed by atoms with E-state index in [0.717, 1.165) is 31.5 Å². The number of methoxy groups -OCH3 is 1. The highest BCUT2D eigenvalue weighted by atomic mass is 35.5. The molecule has 0 saturated carbocycles. The van der Waals surface area contributed by atoms with Crippen LogP contribution in [0, 0.1) is 0 Å². The molecule has 3 aromatic rings. The van der Waals surface area contributed by atoms with Crippen molar-refractivity contribution in [1.29, 1.82) is 0 Å². The summed E-state index contributed by atoms with van der Waals surface area (Å²) in [6.07, 6.45) is 2.52. The Morgan fingerprint density at radius 2 is 1.95 bits per heavy atom. The fraction of sp³-hybridized carbons (Fsp3) is 0.481. The summed E-state index contributed by atoms with van der Waals surface area (Å²) in [7, 11) is 1.61. The van der Waals surface area contributed by atoms with Crippen molar-refractivity contribution >= 4 is 40.5 Å². The van der Waals surface area contributed by atoms with Crippen LogP contribution in [0.2, 0.25) is 5.02 Å².